The number of fused-ring (bicyclic) bond motifs is 5. The molecule has 1 aliphatic rings. The standard InChI is InChI=1S/C43H26N4S/c1-2-10-27(11-3-1)28-20-22-30(23-21-28)41-44-42(31-24-25-34-33-15-5-7-19-38(33)48-39(34)26-31)46-43(45-41)47-36-17-6-4-14-32(36)35-16-8-12-29-13-9-18-37(47)40(29)35/h1-26H. The molecule has 5 heteroatoms. The molecule has 224 valence electrons. The molecule has 0 aliphatic carbocycles. The summed E-state index contributed by atoms with van der Waals surface area (Å²) >= 11 is 1.80. The first-order valence-electron chi connectivity index (χ1n) is 16.0. The SMILES string of the molecule is c1ccc(-c2ccc(-c3nc(-c4ccc5c(c4)sc4ccccc45)nc(N4c5ccccc5-c5cccc6cccc4c56)n3)cc2)cc1. The summed E-state index contributed by atoms with van der Waals surface area (Å²) in [4.78, 5) is 17.8. The summed E-state index contributed by atoms with van der Waals surface area (Å²) in [7, 11) is 0. The van der Waals surface area contributed by atoms with Gasteiger partial charge in [-0.1, -0.05) is 133 Å². The predicted molar refractivity (Wildman–Crippen MR) is 200 cm³/mol. The lowest BCUT2D eigenvalue weighted by molar-refractivity contribution is 1.02. The van der Waals surface area contributed by atoms with Crippen molar-refractivity contribution >= 4 is 59.6 Å². The van der Waals surface area contributed by atoms with Gasteiger partial charge in [0.1, 0.15) is 0 Å². The van der Waals surface area contributed by atoms with Gasteiger partial charge in [-0.25, -0.2) is 4.98 Å². The zero-order valence-corrected chi connectivity index (χ0v) is 26.5. The molecule has 0 saturated heterocycles. The minimum atomic E-state index is 0.591. The van der Waals surface area contributed by atoms with E-state index in [2.05, 4.69) is 157 Å². The van der Waals surface area contributed by atoms with Crippen molar-refractivity contribution in [1.29, 1.82) is 0 Å². The van der Waals surface area contributed by atoms with E-state index in [1.165, 1.54) is 42.1 Å². The van der Waals surface area contributed by atoms with Crippen LogP contribution in [0, 0.1) is 0 Å². The van der Waals surface area contributed by atoms with Gasteiger partial charge in [0.25, 0.3) is 0 Å². The average molecular weight is 631 g/mol. The van der Waals surface area contributed by atoms with Gasteiger partial charge in [-0.3, -0.25) is 4.90 Å². The number of benzene rings is 7. The summed E-state index contributed by atoms with van der Waals surface area (Å²) in [5.74, 6) is 1.87. The smallest absolute Gasteiger partial charge is 0.238 e. The highest BCUT2D eigenvalue weighted by atomic mass is 32.1. The van der Waals surface area contributed by atoms with E-state index in [0.29, 0.717) is 17.6 Å². The fourth-order valence-electron chi connectivity index (χ4n) is 7.00. The Labute approximate surface area is 281 Å². The van der Waals surface area contributed by atoms with Gasteiger partial charge in [0.2, 0.25) is 5.95 Å². The molecule has 10 rings (SSSR count). The topological polar surface area (TPSA) is 41.9 Å². The molecule has 0 spiro atoms. The molecule has 0 amide bonds. The maximum Gasteiger partial charge on any atom is 0.238 e. The van der Waals surface area contributed by atoms with E-state index in [4.69, 9.17) is 15.0 Å². The van der Waals surface area contributed by atoms with Gasteiger partial charge in [0.15, 0.2) is 11.6 Å². The Bertz CT molecular complexity index is 2670. The normalized spacial score (nSPS) is 12.1. The molecular weight excluding hydrogens is 605 g/mol. The van der Waals surface area contributed by atoms with Crippen LogP contribution in [-0.4, -0.2) is 15.0 Å². The van der Waals surface area contributed by atoms with E-state index in [-0.39, 0.29) is 0 Å². The number of rotatable bonds is 4. The van der Waals surface area contributed by atoms with Crippen LogP contribution in [0.2, 0.25) is 0 Å². The molecule has 0 fully saturated rings. The van der Waals surface area contributed by atoms with Crippen LogP contribution >= 0.6 is 11.3 Å². The maximum atomic E-state index is 5.25. The molecular formula is C43H26N4S. The molecule has 0 N–H and O–H groups in total. The van der Waals surface area contributed by atoms with Crippen molar-refractivity contribution in [2.45, 2.75) is 0 Å². The Hall–Kier alpha value is -6.17. The molecule has 0 radical (unpaired) electrons. The molecule has 0 bridgehead atoms. The van der Waals surface area contributed by atoms with Crippen LogP contribution in [0.1, 0.15) is 0 Å². The molecule has 48 heavy (non-hydrogen) atoms. The molecule has 2 aromatic heterocycles. The fourth-order valence-corrected chi connectivity index (χ4v) is 8.15. The minimum absolute atomic E-state index is 0.591. The largest absolute Gasteiger partial charge is 0.278 e. The number of para-hydroxylation sites is 1. The van der Waals surface area contributed by atoms with Gasteiger partial charge in [0.05, 0.1) is 11.4 Å². The monoisotopic (exact) mass is 630 g/mol. The second kappa shape index (κ2) is 10.7. The van der Waals surface area contributed by atoms with Crippen LogP contribution in [0.3, 0.4) is 0 Å². The van der Waals surface area contributed by atoms with E-state index >= 15 is 0 Å². The van der Waals surface area contributed by atoms with E-state index in [1.54, 1.807) is 11.3 Å². The predicted octanol–water partition coefficient (Wildman–Crippen LogP) is 11.8. The number of aromatic nitrogens is 3. The highest BCUT2D eigenvalue weighted by Gasteiger charge is 2.28. The van der Waals surface area contributed by atoms with Gasteiger partial charge < -0.3 is 0 Å². The van der Waals surface area contributed by atoms with Crippen LogP contribution in [0.15, 0.2) is 158 Å². The zero-order valence-electron chi connectivity index (χ0n) is 25.7. The highest BCUT2D eigenvalue weighted by Crippen LogP contribution is 2.50. The van der Waals surface area contributed by atoms with Crippen LogP contribution in [0.25, 0.3) is 76.0 Å². The number of anilines is 3. The first-order chi connectivity index (χ1) is 23.8. The average Bonchev–Trinajstić information content (AvgIpc) is 3.53. The number of thiophene rings is 1. The Morgan fingerprint density at radius 1 is 0.417 bits per heavy atom. The zero-order chi connectivity index (χ0) is 31.6. The van der Waals surface area contributed by atoms with Crippen molar-refractivity contribution in [3.05, 3.63) is 158 Å². The molecule has 0 saturated carbocycles. The van der Waals surface area contributed by atoms with Gasteiger partial charge >= 0.3 is 0 Å². The highest BCUT2D eigenvalue weighted by molar-refractivity contribution is 7.25. The third-order valence-electron chi connectivity index (χ3n) is 9.27. The quantitative estimate of drug-likeness (QED) is 0.194. The molecule has 9 aromatic rings. The summed E-state index contributed by atoms with van der Waals surface area (Å²) in [5, 5.41) is 4.90. The van der Waals surface area contributed by atoms with E-state index < -0.39 is 0 Å². The van der Waals surface area contributed by atoms with Crippen molar-refractivity contribution in [3.63, 3.8) is 0 Å². The van der Waals surface area contributed by atoms with Gasteiger partial charge in [-0.05, 0) is 46.3 Å². The lowest BCUT2D eigenvalue weighted by Gasteiger charge is -2.32. The van der Waals surface area contributed by atoms with Crippen molar-refractivity contribution in [2.75, 3.05) is 4.90 Å². The molecule has 0 unspecified atom stereocenters. The molecule has 3 heterocycles. The third-order valence-corrected chi connectivity index (χ3v) is 10.4. The van der Waals surface area contributed by atoms with E-state index in [9.17, 15) is 0 Å². The Balaban J connectivity index is 1.20. The fraction of sp³-hybridized carbons (Fsp3) is 0. The van der Waals surface area contributed by atoms with E-state index in [1.807, 2.05) is 6.07 Å². The minimum Gasteiger partial charge on any atom is -0.278 e. The Morgan fingerprint density at radius 3 is 1.92 bits per heavy atom. The lowest BCUT2D eigenvalue weighted by Crippen LogP contribution is -2.18. The summed E-state index contributed by atoms with van der Waals surface area (Å²) in [6.07, 6.45) is 0. The van der Waals surface area contributed by atoms with Crippen molar-refractivity contribution < 1.29 is 0 Å². The number of hydrogen-bond donors (Lipinski definition) is 0. The summed E-state index contributed by atoms with van der Waals surface area (Å²) in [6.45, 7) is 0. The number of nitrogens with zero attached hydrogens (tertiary/aromatic N) is 4. The van der Waals surface area contributed by atoms with Crippen LogP contribution in [0.4, 0.5) is 17.3 Å². The second-order valence-corrected chi connectivity index (χ2v) is 13.2. The lowest BCUT2D eigenvalue weighted by atomic mass is 9.91. The van der Waals surface area contributed by atoms with Crippen molar-refractivity contribution in [1.82, 2.24) is 15.0 Å². The first kappa shape index (κ1) is 27.0. The third kappa shape index (κ3) is 4.25. The van der Waals surface area contributed by atoms with Crippen molar-refractivity contribution in [2.24, 2.45) is 0 Å². The van der Waals surface area contributed by atoms with Gasteiger partial charge in [0, 0.05) is 42.2 Å². The molecule has 0 atom stereocenters. The number of hydrogen-bond acceptors (Lipinski definition) is 5. The Morgan fingerprint density at radius 2 is 1.04 bits per heavy atom. The van der Waals surface area contributed by atoms with Crippen LogP contribution < -0.4 is 4.90 Å². The Kier molecular flexibility index (Phi) is 6.01. The van der Waals surface area contributed by atoms with Crippen molar-refractivity contribution in [3.8, 4) is 45.0 Å². The van der Waals surface area contributed by atoms with Gasteiger partial charge in [-0.15, -0.1) is 11.3 Å². The van der Waals surface area contributed by atoms with E-state index in [0.717, 1.165) is 33.6 Å². The molecule has 7 aromatic carbocycles. The second-order valence-electron chi connectivity index (χ2n) is 12.1. The van der Waals surface area contributed by atoms with Gasteiger partial charge in [-0.2, -0.15) is 9.97 Å². The molecule has 4 nitrogen and oxygen atoms in total. The summed E-state index contributed by atoms with van der Waals surface area (Å²) in [6, 6.07) is 55.6. The first-order valence-corrected chi connectivity index (χ1v) is 16.9. The maximum absolute atomic E-state index is 5.25. The summed E-state index contributed by atoms with van der Waals surface area (Å²) in [5.41, 5.74) is 8.71. The van der Waals surface area contributed by atoms with Crippen LogP contribution in [0.5, 0.6) is 0 Å². The summed E-state index contributed by atoms with van der Waals surface area (Å²) < 4.78 is 2.49. The molecule has 1 aliphatic heterocycles. The van der Waals surface area contributed by atoms with Crippen LogP contribution in [-0.2, 0) is 0 Å².